The number of aliphatic hydroxyl groups is 1. The zero-order chi connectivity index (χ0) is 24.4. The highest BCUT2D eigenvalue weighted by Gasteiger charge is 2.19. The summed E-state index contributed by atoms with van der Waals surface area (Å²) in [5.74, 6) is 1.12. The van der Waals surface area contributed by atoms with E-state index in [2.05, 4.69) is 31.4 Å². The van der Waals surface area contributed by atoms with Gasteiger partial charge < -0.3 is 19.3 Å². The first-order chi connectivity index (χ1) is 16.3. The summed E-state index contributed by atoms with van der Waals surface area (Å²) in [6, 6.07) is 17.8. The molecule has 4 rings (SSSR count). The van der Waals surface area contributed by atoms with Crippen LogP contribution in [0.15, 0.2) is 78.9 Å². The number of hydrogen-bond acceptors (Lipinski definition) is 5. The molecule has 0 saturated heterocycles. The fraction of sp³-hybridized carbons (Fsp3) is 0.207. The number of esters is 1. The summed E-state index contributed by atoms with van der Waals surface area (Å²) in [6.07, 6.45) is 0.657. The van der Waals surface area contributed by atoms with Gasteiger partial charge in [-0.3, -0.25) is 0 Å². The maximum absolute atomic E-state index is 11.8. The van der Waals surface area contributed by atoms with Gasteiger partial charge >= 0.3 is 5.97 Å². The molecule has 0 spiro atoms. The van der Waals surface area contributed by atoms with Gasteiger partial charge in [0.15, 0.2) is 11.5 Å². The summed E-state index contributed by atoms with van der Waals surface area (Å²) < 4.78 is 16.4. The molecule has 1 unspecified atom stereocenters. The van der Waals surface area contributed by atoms with Crippen molar-refractivity contribution in [3.63, 3.8) is 0 Å². The molecule has 5 heteroatoms. The van der Waals surface area contributed by atoms with E-state index >= 15 is 0 Å². The molecule has 1 aliphatic carbocycles. The Morgan fingerprint density at radius 2 is 1.50 bits per heavy atom. The number of rotatable bonds is 7. The Kier molecular flexibility index (Phi) is 6.57. The van der Waals surface area contributed by atoms with E-state index in [0.29, 0.717) is 28.4 Å². The van der Waals surface area contributed by atoms with Gasteiger partial charge in [-0.05, 0) is 89.9 Å². The third-order valence-electron chi connectivity index (χ3n) is 5.85. The van der Waals surface area contributed by atoms with Gasteiger partial charge in [0.05, 0.1) is 7.11 Å². The van der Waals surface area contributed by atoms with Gasteiger partial charge in [0.2, 0.25) is 6.29 Å². The van der Waals surface area contributed by atoms with Crippen LogP contribution in [0.4, 0.5) is 0 Å². The number of carbonyl (C=O) groups excluding carboxylic acids is 1. The molecule has 174 valence electrons. The quantitative estimate of drug-likeness (QED) is 0.158. The first-order valence-electron chi connectivity index (χ1n) is 11.1. The maximum atomic E-state index is 11.8. The average Bonchev–Trinajstić information content (AvgIpc) is 2.83. The fourth-order valence-corrected chi connectivity index (χ4v) is 3.97. The van der Waals surface area contributed by atoms with Gasteiger partial charge in [-0.25, -0.2) is 4.79 Å². The topological polar surface area (TPSA) is 65.0 Å². The van der Waals surface area contributed by atoms with Gasteiger partial charge in [0, 0.05) is 5.57 Å². The van der Waals surface area contributed by atoms with Crippen molar-refractivity contribution in [1.29, 1.82) is 0 Å². The first-order valence-corrected chi connectivity index (χ1v) is 11.1. The van der Waals surface area contributed by atoms with E-state index in [1.165, 1.54) is 11.1 Å². The normalized spacial score (nSPS) is 12.7. The van der Waals surface area contributed by atoms with Crippen molar-refractivity contribution >= 4 is 5.97 Å². The van der Waals surface area contributed by atoms with Gasteiger partial charge in [-0.15, -0.1) is 0 Å². The lowest BCUT2D eigenvalue weighted by molar-refractivity contribution is -0.130. The molecule has 3 aromatic rings. The Bertz CT molecular complexity index is 1290. The third kappa shape index (κ3) is 4.75. The highest BCUT2D eigenvalue weighted by Crippen LogP contribution is 2.39. The molecular weight excluding hydrogens is 428 g/mol. The van der Waals surface area contributed by atoms with Crippen LogP contribution >= 0.6 is 0 Å². The Hall–Kier alpha value is -3.83. The molecule has 0 aromatic heterocycles. The van der Waals surface area contributed by atoms with Crippen molar-refractivity contribution in [1.82, 2.24) is 0 Å². The molecule has 1 atom stereocenters. The zero-order valence-corrected chi connectivity index (χ0v) is 19.7. The summed E-state index contributed by atoms with van der Waals surface area (Å²) in [5, 5.41) is 9.98. The molecule has 0 heterocycles. The number of carbonyl (C=O) groups is 1. The van der Waals surface area contributed by atoms with E-state index in [-0.39, 0.29) is 0 Å². The molecule has 0 amide bonds. The molecule has 3 aromatic carbocycles. The van der Waals surface area contributed by atoms with E-state index in [4.69, 9.17) is 14.2 Å². The molecule has 0 radical (unpaired) electrons. The van der Waals surface area contributed by atoms with Crippen LogP contribution in [0.25, 0.3) is 22.3 Å². The van der Waals surface area contributed by atoms with Crippen LogP contribution in [-0.2, 0) is 17.6 Å². The van der Waals surface area contributed by atoms with Crippen molar-refractivity contribution < 1.29 is 24.1 Å². The second-order valence-corrected chi connectivity index (χ2v) is 8.54. The minimum Gasteiger partial charge on any atom is -0.493 e. The number of aryl methyl sites for hydroxylation is 2. The molecule has 5 nitrogen and oxygen atoms in total. The van der Waals surface area contributed by atoms with Crippen molar-refractivity contribution in [2.24, 2.45) is 0 Å². The van der Waals surface area contributed by atoms with Crippen LogP contribution in [0.3, 0.4) is 0 Å². The number of hydrogen-bond donors (Lipinski definition) is 1. The predicted molar refractivity (Wildman–Crippen MR) is 133 cm³/mol. The van der Waals surface area contributed by atoms with E-state index in [1.807, 2.05) is 30.3 Å². The van der Waals surface area contributed by atoms with Crippen molar-refractivity contribution in [2.45, 2.75) is 33.0 Å². The lowest BCUT2D eigenvalue weighted by Crippen LogP contribution is -2.16. The fourth-order valence-electron chi connectivity index (χ4n) is 3.97. The lowest BCUT2D eigenvalue weighted by Gasteiger charge is -2.22. The Morgan fingerprint density at radius 3 is 2.15 bits per heavy atom. The summed E-state index contributed by atoms with van der Waals surface area (Å²) >= 11 is 0. The summed E-state index contributed by atoms with van der Waals surface area (Å²) in [6.45, 7) is 10.7. The summed E-state index contributed by atoms with van der Waals surface area (Å²) in [5.41, 5.74) is 7.70. The van der Waals surface area contributed by atoms with Crippen LogP contribution in [0.1, 0.15) is 25.0 Å². The monoisotopic (exact) mass is 456 g/mol. The minimum absolute atomic E-state index is 0.374. The standard InChI is InChI=1S/C29H28O5/c1-17(2)28(30)33-23-10-12-25-22(15-23)7-6-21-14-19(8-11-24(21)25)20-9-13-26(27(16-20)32-5)34-29(31)18(3)4/h8-16,29,31H,1,3,6-7H2,2,4-5H3. The Labute approximate surface area is 199 Å². The summed E-state index contributed by atoms with van der Waals surface area (Å²) in [4.78, 5) is 11.8. The predicted octanol–water partition coefficient (Wildman–Crippen LogP) is 5.88. The smallest absolute Gasteiger partial charge is 0.338 e. The number of benzene rings is 3. The van der Waals surface area contributed by atoms with Crippen molar-refractivity contribution in [3.8, 4) is 39.5 Å². The van der Waals surface area contributed by atoms with Crippen LogP contribution in [-0.4, -0.2) is 24.5 Å². The molecular formula is C29H28O5. The molecule has 0 bridgehead atoms. The maximum Gasteiger partial charge on any atom is 0.338 e. The average molecular weight is 457 g/mol. The van der Waals surface area contributed by atoms with E-state index in [1.54, 1.807) is 27.0 Å². The highest BCUT2D eigenvalue weighted by atomic mass is 16.6. The van der Waals surface area contributed by atoms with E-state index < -0.39 is 12.3 Å². The highest BCUT2D eigenvalue weighted by molar-refractivity contribution is 5.89. The van der Waals surface area contributed by atoms with E-state index in [9.17, 15) is 9.90 Å². The van der Waals surface area contributed by atoms with E-state index in [0.717, 1.165) is 35.1 Å². The first kappa shape index (κ1) is 23.3. The number of aliphatic hydroxyl groups excluding tert-OH is 1. The molecule has 1 aliphatic rings. The summed E-state index contributed by atoms with van der Waals surface area (Å²) in [7, 11) is 1.57. The molecule has 0 fully saturated rings. The Morgan fingerprint density at radius 1 is 0.882 bits per heavy atom. The number of methoxy groups -OCH3 is 1. The number of ether oxygens (including phenoxy) is 3. The minimum atomic E-state index is -1.09. The second-order valence-electron chi connectivity index (χ2n) is 8.54. The zero-order valence-electron chi connectivity index (χ0n) is 19.7. The Balaban J connectivity index is 1.61. The van der Waals surface area contributed by atoms with Gasteiger partial charge in [-0.1, -0.05) is 43.5 Å². The third-order valence-corrected chi connectivity index (χ3v) is 5.85. The van der Waals surface area contributed by atoms with Crippen LogP contribution in [0.5, 0.6) is 17.2 Å². The number of fused-ring (bicyclic) bond motifs is 3. The van der Waals surface area contributed by atoms with Crippen LogP contribution < -0.4 is 14.2 Å². The van der Waals surface area contributed by atoms with Crippen LogP contribution in [0, 0.1) is 0 Å². The van der Waals surface area contributed by atoms with Gasteiger partial charge in [0.1, 0.15) is 5.75 Å². The lowest BCUT2D eigenvalue weighted by atomic mass is 9.84. The SMILES string of the molecule is C=C(C)C(=O)Oc1ccc2c(c1)CCc1cc(-c3ccc(OC(O)C(=C)C)c(OC)c3)ccc1-2. The molecule has 0 aliphatic heterocycles. The van der Waals surface area contributed by atoms with Gasteiger partial charge in [0.25, 0.3) is 0 Å². The molecule has 1 N–H and O–H groups in total. The van der Waals surface area contributed by atoms with Gasteiger partial charge in [-0.2, -0.15) is 0 Å². The largest absolute Gasteiger partial charge is 0.493 e. The van der Waals surface area contributed by atoms with Crippen molar-refractivity contribution in [3.05, 3.63) is 90.0 Å². The second kappa shape index (κ2) is 9.57. The molecule has 0 saturated carbocycles. The van der Waals surface area contributed by atoms with Crippen molar-refractivity contribution in [2.75, 3.05) is 7.11 Å². The molecule has 34 heavy (non-hydrogen) atoms. The van der Waals surface area contributed by atoms with Crippen LogP contribution in [0.2, 0.25) is 0 Å².